The number of hydrogen-bond acceptors (Lipinski definition) is 3. The summed E-state index contributed by atoms with van der Waals surface area (Å²) in [6, 6.07) is 13.3. The number of aryl methyl sites for hydroxylation is 3. The summed E-state index contributed by atoms with van der Waals surface area (Å²) in [5, 5.41) is 3.12. The van der Waals surface area contributed by atoms with Crippen molar-refractivity contribution in [2.24, 2.45) is 0 Å². The smallest absolute Gasteiger partial charge is 0.253 e. The average molecular weight is 394 g/mol. The molecule has 5 nitrogen and oxygen atoms in total. The molecular formula is C24H31N3O2. The second-order valence-electron chi connectivity index (χ2n) is 7.99. The van der Waals surface area contributed by atoms with E-state index in [0.717, 1.165) is 41.9 Å². The number of anilines is 1. The first-order valence-electron chi connectivity index (χ1n) is 10.3. The lowest BCUT2D eigenvalue weighted by Crippen LogP contribution is -2.44. The van der Waals surface area contributed by atoms with Crippen LogP contribution in [-0.2, 0) is 4.79 Å². The molecule has 1 heterocycles. The standard InChI is InChI=1S/C24H31N3O2/c1-17-15-18(2)22(19(3)16-17)25-23(28)20(4)26-11-8-12-27(14-13-26)24(29)21-9-6-5-7-10-21/h5-7,9-10,15-16,20H,8,11-14H2,1-4H3,(H,25,28). The third-order valence-corrected chi connectivity index (χ3v) is 5.69. The molecule has 2 aromatic rings. The van der Waals surface area contributed by atoms with Gasteiger partial charge < -0.3 is 10.2 Å². The molecule has 1 N–H and O–H groups in total. The lowest BCUT2D eigenvalue weighted by Gasteiger charge is -2.27. The first-order chi connectivity index (χ1) is 13.9. The zero-order valence-corrected chi connectivity index (χ0v) is 17.9. The average Bonchev–Trinajstić information content (AvgIpc) is 2.96. The lowest BCUT2D eigenvalue weighted by molar-refractivity contribution is -0.120. The molecule has 0 aromatic heterocycles. The van der Waals surface area contributed by atoms with E-state index in [2.05, 4.69) is 29.3 Å². The third-order valence-electron chi connectivity index (χ3n) is 5.69. The molecule has 2 amide bonds. The second kappa shape index (κ2) is 9.23. The molecule has 29 heavy (non-hydrogen) atoms. The third kappa shape index (κ3) is 5.04. The highest BCUT2D eigenvalue weighted by molar-refractivity contribution is 5.96. The van der Waals surface area contributed by atoms with Gasteiger partial charge in [0.15, 0.2) is 0 Å². The molecule has 1 aliphatic rings. The second-order valence-corrected chi connectivity index (χ2v) is 7.99. The first-order valence-corrected chi connectivity index (χ1v) is 10.3. The van der Waals surface area contributed by atoms with E-state index in [-0.39, 0.29) is 17.9 Å². The van der Waals surface area contributed by atoms with E-state index in [4.69, 9.17) is 0 Å². The maximum atomic E-state index is 12.9. The molecule has 0 radical (unpaired) electrons. The SMILES string of the molecule is Cc1cc(C)c(NC(=O)C(C)N2CCCN(C(=O)c3ccccc3)CC2)c(C)c1. The maximum absolute atomic E-state index is 12.9. The summed E-state index contributed by atoms with van der Waals surface area (Å²) in [4.78, 5) is 29.7. The largest absolute Gasteiger partial charge is 0.337 e. The molecule has 2 aromatic carbocycles. The molecule has 3 rings (SSSR count). The van der Waals surface area contributed by atoms with E-state index in [1.807, 2.05) is 56.0 Å². The Bertz CT molecular complexity index is 856. The first kappa shape index (κ1) is 21.1. The van der Waals surface area contributed by atoms with Crippen LogP contribution in [0.5, 0.6) is 0 Å². The van der Waals surface area contributed by atoms with E-state index in [1.54, 1.807) is 0 Å². The van der Waals surface area contributed by atoms with Crippen LogP contribution in [0, 0.1) is 20.8 Å². The molecule has 1 fully saturated rings. The number of carbonyl (C=O) groups is 2. The number of benzene rings is 2. The van der Waals surface area contributed by atoms with E-state index >= 15 is 0 Å². The van der Waals surface area contributed by atoms with Crippen LogP contribution in [0.1, 0.15) is 40.4 Å². The minimum Gasteiger partial charge on any atom is -0.337 e. The predicted octanol–water partition coefficient (Wildman–Crippen LogP) is 3.79. The minimum atomic E-state index is -0.248. The predicted molar refractivity (Wildman–Crippen MR) is 117 cm³/mol. The van der Waals surface area contributed by atoms with Crippen LogP contribution in [0.2, 0.25) is 0 Å². The Morgan fingerprint density at radius 2 is 1.59 bits per heavy atom. The monoisotopic (exact) mass is 393 g/mol. The summed E-state index contributed by atoms with van der Waals surface area (Å²) in [7, 11) is 0. The highest BCUT2D eigenvalue weighted by Crippen LogP contribution is 2.22. The van der Waals surface area contributed by atoms with Crippen molar-refractivity contribution in [3.05, 3.63) is 64.7 Å². The van der Waals surface area contributed by atoms with Gasteiger partial charge in [-0.2, -0.15) is 0 Å². The van der Waals surface area contributed by atoms with Crippen LogP contribution in [0.4, 0.5) is 5.69 Å². The van der Waals surface area contributed by atoms with Gasteiger partial charge in [-0.25, -0.2) is 0 Å². The summed E-state index contributed by atoms with van der Waals surface area (Å²) in [6.07, 6.45) is 0.860. The Morgan fingerprint density at radius 3 is 2.24 bits per heavy atom. The highest BCUT2D eigenvalue weighted by Gasteiger charge is 2.26. The molecule has 1 aliphatic heterocycles. The van der Waals surface area contributed by atoms with Crippen LogP contribution in [0.25, 0.3) is 0 Å². The Hall–Kier alpha value is -2.66. The summed E-state index contributed by atoms with van der Waals surface area (Å²) in [5.41, 5.74) is 4.99. The van der Waals surface area contributed by atoms with E-state index in [0.29, 0.717) is 13.1 Å². The van der Waals surface area contributed by atoms with Gasteiger partial charge in [-0.1, -0.05) is 35.9 Å². The number of nitrogens with zero attached hydrogens (tertiary/aromatic N) is 2. The van der Waals surface area contributed by atoms with Gasteiger partial charge in [-0.15, -0.1) is 0 Å². The Labute approximate surface area is 173 Å². The molecule has 0 aliphatic carbocycles. The Balaban J connectivity index is 1.62. The van der Waals surface area contributed by atoms with Gasteiger partial charge in [0.1, 0.15) is 0 Å². The topological polar surface area (TPSA) is 52.7 Å². The molecule has 1 unspecified atom stereocenters. The molecule has 5 heteroatoms. The molecule has 0 bridgehead atoms. The quantitative estimate of drug-likeness (QED) is 0.860. The van der Waals surface area contributed by atoms with Crippen molar-refractivity contribution in [3.8, 4) is 0 Å². The number of rotatable bonds is 4. The summed E-state index contributed by atoms with van der Waals surface area (Å²) in [6.45, 7) is 10.9. The highest BCUT2D eigenvalue weighted by atomic mass is 16.2. The van der Waals surface area contributed by atoms with Gasteiger partial charge in [0, 0.05) is 37.4 Å². The zero-order chi connectivity index (χ0) is 21.0. The Morgan fingerprint density at radius 1 is 0.931 bits per heavy atom. The fourth-order valence-corrected chi connectivity index (χ4v) is 4.06. The number of nitrogens with one attached hydrogen (secondary N) is 1. The fourth-order valence-electron chi connectivity index (χ4n) is 4.06. The van der Waals surface area contributed by atoms with Gasteiger partial charge in [0.2, 0.25) is 5.91 Å². The molecule has 0 saturated carbocycles. The fraction of sp³-hybridized carbons (Fsp3) is 0.417. The van der Waals surface area contributed by atoms with E-state index < -0.39 is 0 Å². The van der Waals surface area contributed by atoms with Gasteiger partial charge in [-0.05, 0) is 57.4 Å². The van der Waals surface area contributed by atoms with Crippen LogP contribution in [0.3, 0.4) is 0 Å². The lowest BCUT2D eigenvalue weighted by atomic mass is 10.0. The van der Waals surface area contributed by atoms with Crippen molar-refractivity contribution < 1.29 is 9.59 Å². The van der Waals surface area contributed by atoms with Crippen LogP contribution in [-0.4, -0.2) is 53.8 Å². The number of amides is 2. The van der Waals surface area contributed by atoms with E-state index in [9.17, 15) is 9.59 Å². The van der Waals surface area contributed by atoms with Crippen LogP contribution in [0.15, 0.2) is 42.5 Å². The molecule has 0 spiro atoms. The van der Waals surface area contributed by atoms with Crippen molar-refractivity contribution in [2.75, 3.05) is 31.5 Å². The maximum Gasteiger partial charge on any atom is 0.253 e. The van der Waals surface area contributed by atoms with Gasteiger partial charge in [0.25, 0.3) is 5.91 Å². The molecule has 1 atom stereocenters. The van der Waals surface area contributed by atoms with Gasteiger partial charge in [0.05, 0.1) is 6.04 Å². The summed E-state index contributed by atoms with van der Waals surface area (Å²) < 4.78 is 0. The van der Waals surface area contributed by atoms with Crippen molar-refractivity contribution in [2.45, 2.75) is 40.2 Å². The zero-order valence-electron chi connectivity index (χ0n) is 17.9. The van der Waals surface area contributed by atoms with Gasteiger partial charge in [-0.3, -0.25) is 14.5 Å². The van der Waals surface area contributed by atoms with Gasteiger partial charge >= 0.3 is 0 Å². The summed E-state index contributed by atoms with van der Waals surface area (Å²) >= 11 is 0. The normalized spacial score (nSPS) is 16.2. The number of hydrogen-bond donors (Lipinski definition) is 1. The molecule has 1 saturated heterocycles. The number of carbonyl (C=O) groups excluding carboxylic acids is 2. The van der Waals surface area contributed by atoms with E-state index in [1.165, 1.54) is 5.56 Å². The van der Waals surface area contributed by atoms with Crippen LogP contribution < -0.4 is 5.32 Å². The van der Waals surface area contributed by atoms with Crippen molar-refractivity contribution in [1.82, 2.24) is 9.80 Å². The van der Waals surface area contributed by atoms with Crippen molar-refractivity contribution in [1.29, 1.82) is 0 Å². The Kier molecular flexibility index (Phi) is 6.70. The molecule has 154 valence electrons. The molecular weight excluding hydrogens is 362 g/mol. The minimum absolute atomic E-state index is 0.00267. The van der Waals surface area contributed by atoms with Crippen LogP contribution >= 0.6 is 0 Å². The summed E-state index contributed by atoms with van der Waals surface area (Å²) in [5.74, 6) is 0.0679. The van der Waals surface area contributed by atoms with Crippen molar-refractivity contribution in [3.63, 3.8) is 0 Å². The van der Waals surface area contributed by atoms with Crippen molar-refractivity contribution >= 4 is 17.5 Å².